The van der Waals surface area contributed by atoms with Crippen LogP contribution in [0.3, 0.4) is 0 Å². The van der Waals surface area contributed by atoms with Crippen molar-refractivity contribution in [1.82, 2.24) is 9.71 Å². The van der Waals surface area contributed by atoms with E-state index in [4.69, 9.17) is 16.3 Å². The average Bonchev–Trinajstić information content (AvgIpc) is 2.40. The van der Waals surface area contributed by atoms with Gasteiger partial charge in [0.15, 0.2) is 0 Å². The first kappa shape index (κ1) is 20.2. The molecule has 0 saturated carbocycles. The third-order valence-electron chi connectivity index (χ3n) is 3.01. The number of hydrogen-bond acceptors (Lipinski definition) is 5. The highest BCUT2D eigenvalue weighted by Gasteiger charge is 2.42. The highest BCUT2D eigenvalue weighted by atomic mass is 35.5. The molecule has 0 aliphatic heterocycles. The Morgan fingerprint density at radius 2 is 2.04 bits per heavy atom. The van der Waals surface area contributed by atoms with Crippen LogP contribution in [0.5, 0.6) is 0 Å². The molecule has 0 fully saturated rings. The second kappa shape index (κ2) is 7.79. The van der Waals surface area contributed by atoms with Gasteiger partial charge in [-0.3, -0.25) is 4.79 Å². The molecule has 1 aromatic rings. The molecular weight excluding hydrogens is 343 g/mol. The lowest BCUT2D eigenvalue weighted by molar-refractivity contribution is -0.144. The van der Waals surface area contributed by atoms with Gasteiger partial charge in [0.25, 0.3) is 0 Å². The molecular formula is C15H22ClFN2O3S. The summed E-state index contributed by atoms with van der Waals surface area (Å²) in [6, 6.07) is 2.47. The first-order valence-electron chi connectivity index (χ1n) is 7.17. The zero-order valence-electron chi connectivity index (χ0n) is 13.9. The maximum Gasteiger partial charge on any atom is 0.308 e. The van der Waals surface area contributed by atoms with Gasteiger partial charge in [0, 0.05) is 11.4 Å². The average molecular weight is 365 g/mol. The highest BCUT2D eigenvalue weighted by molar-refractivity contribution is 7.90. The molecule has 0 spiro atoms. The van der Waals surface area contributed by atoms with Crippen LogP contribution in [0, 0.1) is 5.82 Å². The van der Waals surface area contributed by atoms with Gasteiger partial charge in [0.2, 0.25) is 0 Å². The number of aromatic nitrogens is 1. The third kappa shape index (κ3) is 5.60. The SMILES string of the molecule is CCOC(=O)C[C@](C)(N[S+]([O-])C(C)(C)C)c1nc(Cl)ccc1F. The van der Waals surface area contributed by atoms with Crippen LogP contribution in [-0.2, 0) is 26.4 Å². The number of esters is 1. The lowest BCUT2D eigenvalue weighted by atomic mass is 9.94. The number of rotatable bonds is 6. The quantitative estimate of drug-likeness (QED) is 0.477. The van der Waals surface area contributed by atoms with E-state index in [2.05, 4.69) is 9.71 Å². The zero-order chi connectivity index (χ0) is 17.8. The largest absolute Gasteiger partial charge is 0.598 e. The van der Waals surface area contributed by atoms with Crippen molar-refractivity contribution < 1.29 is 18.5 Å². The number of halogens is 2. The molecule has 130 valence electrons. The van der Waals surface area contributed by atoms with E-state index in [0.29, 0.717) is 0 Å². The molecule has 1 unspecified atom stereocenters. The Labute approximate surface area is 144 Å². The van der Waals surface area contributed by atoms with Gasteiger partial charge in [-0.1, -0.05) is 11.6 Å². The van der Waals surface area contributed by atoms with Gasteiger partial charge in [0.05, 0.1) is 13.0 Å². The Balaban J connectivity index is 3.24. The molecule has 0 aliphatic carbocycles. The monoisotopic (exact) mass is 364 g/mol. The minimum absolute atomic E-state index is 0.0735. The molecule has 2 atom stereocenters. The molecule has 1 rings (SSSR count). The highest BCUT2D eigenvalue weighted by Crippen LogP contribution is 2.30. The Bertz CT molecular complexity index is 568. The Morgan fingerprint density at radius 1 is 1.43 bits per heavy atom. The second-order valence-electron chi connectivity index (χ2n) is 6.26. The van der Waals surface area contributed by atoms with Crippen molar-refractivity contribution in [2.75, 3.05) is 6.61 Å². The summed E-state index contributed by atoms with van der Waals surface area (Å²) in [5.74, 6) is -1.19. The number of hydrogen-bond donors (Lipinski definition) is 1. The number of ether oxygens (including phenoxy) is 1. The molecule has 0 aliphatic rings. The molecule has 23 heavy (non-hydrogen) atoms. The van der Waals surface area contributed by atoms with Gasteiger partial charge in [0.1, 0.15) is 27.0 Å². The summed E-state index contributed by atoms with van der Waals surface area (Å²) in [6.45, 7) is 8.72. The number of nitrogens with zero attached hydrogens (tertiary/aromatic N) is 1. The van der Waals surface area contributed by atoms with Crippen LogP contribution in [0.2, 0.25) is 5.15 Å². The molecule has 1 heterocycles. The minimum Gasteiger partial charge on any atom is -0.598 e. The van der Waals surface area contributed by atoms with Crippen LogP contribution in [-0.4, -0.2) is 26.9 Å². The molecule has 0 amide bonds. The fourth-order valence-corrected chi connectivity index (χ4v) is 2.86. The van der Waals surface area contributed by atoms with Crippen molar-refractivity contribution in [2.24, 2.45) is 0 Å². The summed E-state index contributed by atoms with van der Waals surface area (Å²) < 4.78 is 33.8. The molecule has 1 N–H and O–H groups in total. The summed E-state index contributed by atoms with van der Waals surface area (Å²) in [6.07, 6.45) is -0.229. The van der Waals surface area contributed by atoms with Gasteiger partial charge in [-0.2, -0.15) is 0 Å². The molecule has 0 radical (unpaired) electrons. The predicted octanol–water partition coefficient (Wildman–Crippen LogP) is 3.09. The topological polar surface area (TPSA) is 74.3 Å². The lowest BCUT2D eigenvalue weighted by Crippen LogP contribution is -2.51. The van der Waals surface area contributed by atoms with Gasteiger partial charge < -0.3 is 9.29 Å². The van der Waals surface area contributed by atoms with E-state index in [1.54, 1.807) is 34.6 Å². The van der Waals surface area contributed by atoms with E-state index >= 15 is 0 Å². The van der Waals surface area contributed by atoms with Crippen molar-refractivity contribution in [3.8, 4) is 0 Å². The van der Waals surface area contributed by atoms with Gasteiger partial charge in [-0.05, 0) is 46.8 Å². The first-order valence-corrected chi connectivity index (χ1v) is 8.70. The predicted molar refractivity (Wildman–Crippen MR) is 88.8 cm³/mol. The van der Waals surface area contributed by atoms with Gasteiger partial charge >= 0.3 is 5.97 Å². The fourth-order valence-electron chi connectivity index (χ4n) is 1.83. The van der Waals surface area contributed by atoms with E-state index in [9.17, 15) is 13.7 Å². The van der Waals surface area contributed by atoms with Crippen molar-refractivity contribution in [1.29, 1.82) is 0 Å². The Hall–Kier alpha value is -0.890. The van der Waals surface area contributed by atoms with E-state index in [1.807, 2.05) is 0 Å². The summed E-state index contributed by atoms with van der Waals surface area (Å²) in [5.41, 5.74) is -1.39. The Morgan fingerprint density at radius 3 is 2.57 bits per heavy atom. The Kier molecular flexibility index (Phi) is 6.82. The van der Waals surface area contributed by atoms with Crippen LogP contribution in [0.15, 0.2) is 12.1 Å². The zero-order valence-corrected chi connectivity index (χ0v) is 15.5. The standard InChI is InChI=1S/C15H22ClFN2O3S/c1-6-22-12(20)9-15(5,19-23(21)14(2,3)4)13-10(17)7-8-11(16)18-13/h7-8,19H,6,9H2,1-5H3/t15-,23?/m0/s1. The molecule has 0 saturated heterocycles. The molecule has 8 heteroatoms. The maximum absolute atomic E-state index is 14.2. The molecule has 1 aromatic heterocycles. The minimum atomic E-state index is -1.55. The van der Waals surface area contributed by atoms with Gasteiger partial charge in [-0.25, -0.2) is 9.37 Å². The van der Waals surface area contributed by atoms with Crippen LogP contribution >= 0.6 is 11.6 Å². The summed E-state index contributed by atoms with van der Waals surface area (Å²) in [5, 5.41) is 0.0832. The second-order valence-corrected chi connectivity index (χ2v) is 8.62. The maximum atomic E-state index is 14.2. The van der Waals surface area contributed by atoms with Crippen molar-refractivity contribution >= 4 is 28.9 Å². The molecule has 0 bridgehead atoms. The van der Waals surface area contributed by atoms with Crippen LogP contribution in [0.25, 0.3) is 0 Å². The van der Waals surface area contributed by atoms with Crippen molar-refractivity contribution in [3.63, 3.8) is 0 Å². The van der Waals surface area contributed by atoms with E-state index in [0.717, 1.165) is 6.07 Å². The summed E-state index contributed by atoms with van der Waals surface area (Å²) in [7, 11) is 0. The van der Waals surface area contributed by atoms with E-state index in [-0.39, 0.29) is 23.9 Å². The van der Waals surface area contributed by atoms with Crippen molar-refractivity contribution in [2.45, 2.75) is 51.3 Å². The number of pyridine rings is 1. The van der Waals surface area contributed by atoms with E-state index < -0.39 is 33.4 Å². The smallest absolute Gasteiger partial charge is 0.308 e. The van der Waals surface area contributed by atoms with Crippen molar-refractivity contribution in [3.05, 3.63) is 28.8 Å². The molecule has 5 nitrogen and oxygen atoms in total. The summed E-state index contributed by atoms with van der Waals surface area (Å²) >= 11 is 4.30. The normalized spacial score (nSPS) is 15.8. The number of carbonyl (C=O) groups excluding carboxylic acids is 1. The lowest BCUT2D eigenvalue weighted by Gasteiger charge is -2.34. The van der Waals surface area contributed by atoms with E-state index in [1.165, 1.54) is 6.07 Å². The number of carbonyl (C=O) groups is 1. The molecule has 0 aromatic carbocycles. The van der Waals surface area contributed by atoms with Crippen LogP contribution in [0.4, 0.5) is 4.39 Å². The third-order valence-corrected chi connectivity index (χ3v) is 4.97. The fraction of sp³-hybridized carbons (Fsp3) is 0.600. The number of nitrogens with one attached hydrogen (secondary N) is 1. The van der Waals surface area contributed by atoms with Gasteiger partial charge in [-0.15, -0.1) is 4.72 Å². The first-order chi connectivity index (χ1) is 10.5. The van der Waals surface area contributed by atoms with Crippen LogP contribution in [0.1, 0.15) is 46.7 Å². The summed E-state index contributed by atoms with van der Waals surface area (Å²) in [4.78, 5) is 15.9. The van der Waals surface area contributed by atoms with Crippen LogP contribution < -0.4 is 4.72 Å².